The van der Waals surface area contributed by atoms with Gasteiger partial charge in [0.15, 0.2) is 0 Å². The highest BCUT2D eigenvalue weighted by molar-refractivity contribution is 5.45. The summed E-state index contributed by atoms with van der Waals surface area (Å²) >= 11 is 0. The van der Waals surface area contributed by atoms with E-state index in [9.17, 15) is 0 Å². The molecule has 116 valence electrons. The summed E-state index contributed by atoms with van der Waals surface area (Å²) in [7, 11) is 1.90. The minimum Gasteiger partial charge on any atom is -0.354 e. The lowest BCUT2D eigenvalue weighted by Gasteiger charge is -2.25. The van der Waals surface area contributed by atoms with Crippen LogP contribution in [0.3, 0.4) is 0 Å². The van der Waals surface area contributed by atoms with Crippen molar-refractivity contribution in [3.63, 3.8) is 0 Å². The Morgan fingerprint density at radius 1 is 1.14 bits per heavy atom. The normalized spacial score (nSPS) is 11.6. The summed E-state index contributed by atoms with van der Waals surface area (Å²) in [6.45, 7) is 10.5. The molecule has 7 nitrogen and oxygen atoms in total. The van der Waals surface area contributed by atoms with Gasteiger partial charge in [-0.2, -0.15) is 20.2 Å². The molecule has 0 saturated carbocycles. The third kappa shape index (κ3) is 4.45. The van der Waals surface area contributed by atoms with Gasteiger partial charge in [-0.1, -0.05) is 0 Å². The van der Waals surface area contributed by atoms with E-state index in [1.807, 2.05) is 25.8 Å². The van der Waals surface area contributed by atoms with Crippen LogP contribution in [0, 0.1) is 11.3 Å². The predicted octanol–water partition coefficient (Wildman–Crippen LogP) is 1.89. The molecule has 0 saturated heterocycles. The van der Waals surface area contributed by atoms with E-state index < -0.39 is 0 Å². The minimum atomic E-state index is 0.0522. The van der Waals surface area contributed by atoms with Gasteiger partial charge in [0.2, 0.25) is 17.8 Å². The van der Waals surface area contributed by atoms with E-state index in [0.29, 0.717) is 24.3 Å². The van der Waals surface area contributed by atoms with Crippen LogP contribution in [0.2, 0.25) is 0 Å². The molecule has 0 bridgehead atoms. The SMILES string of the molecule is CCNc1nc(N(CC)CC)nc(N(C)C(C)CC#N)n1. The van der Waals surface area contributed by atoms with E-state index in [0.717, 1.165) is 19.6 Å². The van der Waals surface area contributed by atoms with Gasteiger partial charge >= 0.3 is 0 Å². The van der Waals surface area contributed by atoms with Gasteiger partial charge < -0.3 is 15.1 Å². The molecule has 21 heavy (non-hydrogen) atoms. The maximum absolute atomic E-state index is 8.84. The Kier molecular flexibility index (Phi) is 6.66. The Morgan fingerprint density at radius 2 is 1.76 bits per heavy atom. The van der Waals surface area contributed by atoms with Crippen LogP contribution in [-0.4, -0.2) is 47.7 Å². The first-order chi connectivity index (χ1) is 10.1. The average molecular weight is 291 g/mol. The van der Waals surface area contributed by atoms with Crippen molar-refractivity contribution in [2.24, 2.45) is 0 Å². The Balaban J connectivity index is 3.15. The molecule has 0 aliphatic carbocycles. The third-order valence-corrected chi connectivity index (χ3v) is 3.36. The minimum absolute atomic E-state index is 0.0522. The summed E-state index contributed by atoms with van der Waals surface area (Å²) < 4.78 is 0. The fourth-order valence-corrected chi connectivity index (χ4v) is 1.86. The Labute approximate surface area is 127 Å². The van der Waals surface area contributed by atoms with E-state index in [1.54, 1.807) is 0 Å². The number of aromatic nitrogens is 3. The molecule has 0 radical (unpaired) electrons. The van der Waals surface area contributed by atoms with E-state index >= 15 is 0 Å². The summed E-state index contributed by atoms with van der Waals surface area (Å²) in [6, 6.07) is 2.23. The second-order valence-electron chi connectivity index (χ2n) is 4.78. The van der Waals surface area contributed by atoms with Crippen LogP contribution < -0.4 is 15.1 Å². The number of rotatable bonds is 8. The third-order valence-electron chi connectivity index (χ3n) is 3.36. The van der Waals surface area contributed by atoms with Crippen LogP contribution in [0.25, 0.3) is 0 Å². The molecule has 0 spiro atoms. The Hall–Kier alpha value is -2.10. The average Bonchev–Trinajstić information content (AvgIpc) is 2.48. The van der Waals surface area contributed by atoms with Crippen molar-refractivity contribution >= 4 is 17.8 Å². The molecule has 1 rings (SSSR count). The zero-order valence-corrected chi connectivity index (χ0v) is 13.6. The summed E-state index contributed by atoms with van der Waals surface area (Å²) in [5.41, 5.74) is 0. The van der Waals surface area contributed by atoms with Crippen molar-refractivity contribution in [3.05, 3.63) is 0 Å². The van der Waals surface area contributed by atoms with Crippen molar-refractivity contribution in [2.75, 3.05) is 41.8 Å². The van der Waals surface area contributed by atoms with E-state index in [2.05, 4.69) is 45.1 Å². The quantitative estimate of drug-likeness (QED) is 0.783. The van der Waals surface area contributed by atoms with E-state index in [-0.39, 0.29) is 6.04 Å². The highest BCUT2D eigenvalue weighted by atomic mass is 15.4. The first kappa shape index (κ1) is 17.0. The first-order valence-corrected chi connectivity index (χ1v) is 7.41. The van der Waals surface area contributed by atoms with Gasteiger partial charge in [0.1, 0.15) is 0 Å². The monoisotopic (exact) mass is 291 g/mol. The lowest BCUT2D eigenvalue weighted by molar-refractivity contribution is 0.678. The van der Waals surface area contributed by atoms with Crippen molar-refractivity contribution < 1.29 is 0 Å². The van der Waals surface area contributed by atoms with Crippen molar-refractivity contribution in [3.8, 4) is 6.07 Å². The largest absolute Gasteiger partial charge is 0.354 e. The van der Waals surface area contributed by atoms with Crippen LogP contribution in [0.15, 0.2) is 0 Å². The molecule has 1 unspecified atom stereocenters. The second kappa shape index (κ2) is 8.25. The van der Waals surface area contributed by atoms with Gasteiger partial charge in [0, 0.05) is 32.7 Å². The van der Waals surface area contributed by atoms with E-state index in [1.165, 1.54) is 0 Å². The molecule has 0 aliphatic heterocycles. The Bertz CT molecular complexity index is 479. The molecule has 1 N–H and O–H groups in total. The van der Waals surface area contributed by atoms with Crippen molar-refractivity contribution in [2.45, 2.75) is 40.2 Å². The van der Waals surface area contributed by atoms with Gasteiger partial charge in [-0.15, -0.1) is 0 Å². The molecule has 1 aromatic rings. The Morgan fingerprint density at radius 3 is 2.29 bits per heavy atom. The highest BCUT2D eigenvalue weighted by Gasteiger charge is 2.17. The van der Waals surface area contributed by atoms with E-state index in [4.69, 9.17) is 5.26 Å². The molecular weight excluding hydrogens is 266 g/mol. The summed E-state index contributed by atoms with van der Waals surface area (Å²) in [5, 5.41) is 12.0. The van der Waals surface area contributed by atoms with Crippen molar-refractivity contribution in [1.29, 1.82) is 5.26 Å². The van der Waals surface area contributed by atoms with Gasteiger partial charge in [-0.05, 0) is 27.7 Å². The van der Waals surface area contributed by atoms with Crippen molar-refractivity contribution in [1.82, 2.24) is 15.0 Å². The first-order valence-electron chi connectivity index (χ1n) is 7.41. The molecule has 0 aromatic carbocycles. The molecule has 0 amide bonds. The molecule has 1 atom stereocenters. The lowest BCUT2D eigenvalue weighted by Crippen LogP contribution is -2.32. The number of hydrogen-bond donors (Lipinski definition) is 1. The summed E-state index contributed by atoms with van der Waals surface area (Å²) in [6.07, 6.45) is 0.430. The van der Waals surface area contributed by atoms with Gasteiger partial charge in [-0.3, -0.25) is 0 Å². The highest BCUT2D eigenvalue weighted by Crippen LogP contribution is 2.18. The predicted molar refractivity (Wildman–Crippen MR) is 85.6 cm³/mol. The maximum atomic E-state index is 8.84. The molecule has 0 fully saturated rings. The fraction of sp³-hybridized carbons (Fsp3) is 0.714. The van der Waals surface area contributed by atoms with Gasteiger partial charge in [-0.25, -0.2) is 0 Å². The smallest absolute Gasteiger partial charge is 0.231 e. The molecule has 1 aromatic heterocycles. The molecule has 1 heterocycles. The van der Waals surface area contributed by atoms with Crippen LogP contribution >= 0.6 is 0 Å². The zero-order chi connectivity index (χ0) is 15.8. The number of nitriles is 1. The van der Waals surface area contributed by atoms with Gasteiger partial charge in [0.25, 0.3) is 0 Å². The lowest BCUT2D eigenvalue weighted by atomic mass is 10.2. The second-order valence-corrected chi connectivity index (χ2v) is 4.78. The maximum Gasteiger partial charge on any atom is 0.231 e. The van der Waals surface area contributed by atoms with Crippen LogP contribution in [0.1, 0.15) is 34.1 Å². The topological polar surface area (TPSA) is 81.0 Å². The molecule has 0 aliphatic rings. The van der Waals surface area contributed by atoms with Crippen LogP contribution in [0.4, 0.5) is 17.8 Å². The zero-order valence-electron chi connectivity index (χ0n) is 13.6. The van der Waals surface area contributed by atoms with Crippen LogP contribution in [-0.2, 0) is 0 Å². The standard InChI is InChI=1S/C14H25N7/c1-6-16-12-17-13(20(5)11(4)9-10-15)19-14(18-12)21(7-2)8-3/h11H,6-9H2,1-5H3,(H,16,17,18,19). The molecule has 7 heteroatoms. The van der Waals surface area contributed by atoms with Gasteiger partial charge in [0.05, 0.1) is 12.5 Å². The number of hydrogen-bond acceptors (Lipinski definition) is 7. The summed E-state index contributed by atoms with van der Waals surface area (Å²) in [4.78, 5) is 17.4. The van der Waals surface area contributed by atoms with Crippen LogP contribution in [0.5, 0.6) is 0 Å². The number of anilines is 3. The number of nitrogens with one attached hydrogen (secondary N) is 1. The number of nitrogens with zero attached hydrogens (tertiary/aromatic N) is 6. The summed E-state index contributed by atoms with van der Waals surface area (Å²) in [5.74, 6) is 1.82. The fourth-order valence-electron chi connectivity index (χ4n) is 1.86. The molecular formula is C14H25N7.